The fourth-order valence-electron chi connectivity index (χ4n) is 1.85. The molecular formula is C11H11F3N2O3. The molecule has 1 aliphatic heterocycles. The minimum absolute atomic E-state index is 0.0225. The number of furan rings is 1. The van der Waals surface area contributed by atoms with E-state index in [9.17, 15) is 23.1 Å². The summed E-state index contributed by atoms with van der Waals surface area (Å²) in [5, 5.41) is 13.3. The van der Waals surface area contributed by atoms with Crippen LogP contribution in [-0.2, 0) is 0 Å². The Morgan fingerprint density at radius 3 is 2.58 bits per heavy atom. The van der Waals surface area contributed by atoms with Crippen molar-refractivity contribution in [1.29, 1.82) is 0 Å². The van der Waals surface area contributed by atoms with Gasteiger partial charge in [-0.05, 0) is 13.8 Å². The molecule has 0 radical (unpaired) electrons. The van der Waals surface area contributed by atoms with Crippen LogP contribution in [0.2, 0.25) is 0 Å². The molecule has 0 spiro atoms. The first-order chi connectivity index (χ1) is 8.67. The third kappa shape index (κ3) is 2.01. The number of rotatable bonds is 1. The van der Waals surface area contributed by atoms with Gasteiger partial charge in [-0.2, -0.15) is 23.3 Å². The van der Waals surface area contributed by atoms with Crippen molar-refractivity contribution in [3.8, 4) is 0 Å². The Labute approximate surface area is 106 Å². The molecule has 0 saturated carbocycles. The van der Waals surface area contributed by atoms with E-state index in [0.29, 0.717) is 5.56 Å². The SMILES string of the molecule is CC1=NN(C(=O)c2cocc2C)[C@](O)(C(F)(F)F)C1. The lowest BCUT2D eigenvalue weighted by atomic mass is 10.1. The molecule has 0 fully saturated rings. The molecule has 104 valence electrons. The Kier molecular flexibility index (Phi) is 2.93. The monoisotopic (exact) mass is 276 g/mol. The average molecular weight is 276 g/mol. The Hall–Kier alpha value is -1.83. The second kappa shape index (κ2) is 4.09. The molecule has 0 saturated heterocycles. The zero-order valence-electron chi connectivity index (χ0n) is 10.2. The van der Waals surface area contributed by atoms with Crippen LogP contribution in [0.5, 0.6) is 0 Å². The summed E-state index contributed by atoms with van der Waals surface area (Å²) >= 11 is 0. The summed E-state index contributed by atoms with van der Waals surface area (Å²) in [7, 11) is 0. The standard InChI is InChI=1S/C11H11F3N2O3/c1-6-4-19-5-8(6)9(17)16-10(18,11(12,13)14)3-7(2)15-16/h4-5,18H,3H2,1-2H3/t10-/m1/s1. The number of hydrogen-bond acceptors (Lipinski definition) is 4. The van der Waals surface area contributed by atoms with Crippen LogP contribution in [0.25, 0.3) is 0 Å². The van der Waals surface area contributed by atoms with Crippen molar-refractivity contribution < 1.29 is 27.5 Å². The van der Waals surface area contributed by atoms with Crippen molar-refractivity contribution in [3.63, 3.8) is 0 Å². The number of aliphatic hydroxyl groups is 1. The van der Waals surface area contributed by atoms with Gasteiger partial charge in [-0.1, -0.05) is 0 Å². The molecule has 8 heteroatoms. The summed E-state index contributed by atoms with van der Waals surface area (Å²) in [6.07, 6.45) is -3.51. The number of amides is 1. The molecule has 19 heavy (non-hydrogen) atoms. The van der Waals surface area contributed by atoms with E-state index in [4.69, 9.17) is 4.42 Å². The molecule has 1 aromatic rings. The Morgan fingerprint density at radius 1 is 1.47 bits per heavy atom. The van der Waals surface area contributed by atoms with E-state index < -0.39 is 24.2 Å². The maximum absolute atomic E-state index is 12.9. The average Bonchev–Trinajstić information content (AvgIpc) is 2.81. The number of halogens is 3. The summed E-state index contributed by atoms with van der Waals surface area (Å²) in [6.45, 7) is 2.82. The molecule has 1 N–H and O–H groups in total. The lowest BCUT2D eigenvalue weighted by Gasteiger charge is -2.32. The number of aryl methyl sites for hydroxylation is 1. The fourth-order valence-corrected chi connectivity index (χ4v) is 1.85. The molecule has 1 aromatic heterocycles. The van der Waals surface area contributed by atoms with Crippen LogP contribution in [0.15, 0.2) is 22.0 Å². The van der Waals surface area contributed by atoms with Gasteiger partial charge in [-0.25, -0.2) is 0 Å². The molecule has 0 aliphatic carbocycles. The first-order valence-corrected chi connectivity index (χ1v) is 5.37. The van der Waals surface area contributed by atoms with Gasteiger partial charge < -0.3 is 9.52 Å². The number of hydrazone groups is 1. The van der Waals surface area contributed by atoms with Gasteiger partial charge in [0.05, 0.1) is 11.8 Å². The van der Waals surface area contributed by atoms with E-state index in [-0.39, 0.29) is 16.3 Å². The smallest absolute Gasteiger partial charge is 0.438 e. The molecule has 0 aromatic carbocycles. The molecule has 2 heterocycles. The van der Waals surface area contributed by atoms with Gasteiger partial charge >= 0.3 is 6.18 Å². The first-order valence-electron chi connectivity index (χ1n) is 5.37. The van der Waals surface area contributed by atoms with Crippen molar-refractivity contribution >= 4 is 11.6 Å². The second-order valence-corrected chi connectivity index (χ2v) is 4.41. The van der Waals surface area contributed by atoms with Crippen molar-refractivity contribution in [2.24, 2.45) is 5.10 Å². The normalized spacial score (nSPS) is 23.7. The minimum atomic E-state index is -5.00. The van der Waals surface area contributed by atoms with Crippen molar-refractivity contribution in [2.75, 3.05) is 0 Å². The van der Waals surface area contributed by atoms with Crippen LogP contribution in [0.1, 0.15) is 29.3 Å². The van der Waals surface area contributed by atoms with Gasteiger partial charge in [-0.3, -0.25) is 4.79 Å². The number of nitrogens with zero attached hydrogens (tertiary/aromatic N) is 2. The molecule has 1 aliphatic rings. The van der Waals surface area contributed by atoms with Crippen LogP contribution in [0.3, 0.4) is 0 Å². The van der Waals surface area contributed by atoms with E-state index >= 15 is 0 Å². The quantitative estimate of drug-likeness (QED) is 0.853. The van der Waals surface area contributed by atoms with Gasteiger partial charge in [-0.15, -0.1) is 0 Å². The highest BCUT2D eigenvalue weighted by atomic mass is 19.4. The van der Waals surface area contributed by atoms with Crippen molar-refractivity contribution in [1.82, 2.24) is 5.01 Å². The zero-order valence-corrected chi connectivity index (χ0v) is 10.2. The van der Waals surface area contributed by atoms with Gasteiger partial charge in [0.1, 0.15) is 6.26 Å². The third-order valence-corrected chi connectivity index (χ3v) is 2.86. The van der Waals surface area contributed by atoms with E-state index in [1.54, 1.807) is 0 Å². The van der Waals surface area contributed by atoms with E-state index in [2.05, 4.69) is 5.10 Å². The number of hydrogen-bond donors (Lipinski definition) is 1. The van der Waals surface area contributed by atoms with Gasteiger partial charge in [0.15, 0.2) is 0 Å². The summed E-state index contributed by atoms with van der Waals surface area (Å²) in [5.74, 6) is -1.05. The second-order valence-electron chi connectivity index (χ2n) is 4.41. The topological polar surface area (TPSA) is 66.0 Å². The van der Waals surface area contributed by atoms with Crippen molar-refractivity contribution in [2.45, 2.75) is 32.2 Å². The lowest BCUT2D eigenvalue weighted by Crippen LogP contribution is -2.56. The molecule has 1 atom stereocenters. The van der Waals surface area contributed by atoms with Crippen LogP contribution in [0.4, 0.5) is 13.2 Å². The fraction of sp³-hybridized carbons (Fsp3) is 0.455. The Morgan fingerprint density at radius 2 is 2.11 bits per heavy atom. The summed E-state index contributed by atoms with van der Waals surface area (Å²) in [5.41, 5.74) is -2.98. The summed E-state index contributed by atoms with van der Waals surface area (Å²) in [4.78, 5) is 12.0. The third-order valence-electron chi connectivity index (χ3n) is 2.86. The number of carbonyl (C=O) groups is 1. The van der Waals surface area contributed by atoms with E-state index in [1.165, 1.54) is 20.1 Å². The maximum Gasteiger partial charge on any atom is 0.438 e. The van der Waals surface area contributed by atoms with Gasteiger partial charge in [0.2, 0.25) is 0 Å². The molecule has 5 nitrogen and oxygen atoms in total. The Balaban J connectivity index is 2.42. The summed E-state index contributed by atoms with van der Waals surface area (Å²) < 4.78 is 43.5. The molecular weight excluding hydrogens is 265 g/mol. The molecule has 0 bridgehead atoms. The lowest BCUT2D eigenvalue weighted by molar-refractivity contribution is -0.297. The highest BCUT2D eigenvalue weighted by Gasteiger charge is 2.62. The zero-order chi connectivity index (χ0) is 14.4. The number of carbonyl (C=O) groups excluding carboxylic acids is 1. The van der Waals surface area contributed by atoms with Crippen molar-refractivity contribution in [3.05, 3.63) is 23.7 Å². The minimum Gasteiger partial charge on any atom is -0.471 e. The highest BCUT2D eigenvalue weighted by Crippen LogP contribution is 2.41. The van der Waals surface area contributed by atoms with Gasteiger partial charge in [0.25, 0.3) is 11.6 Å². The van der Waals surface area contributed by atoms with Crippen LogP contribution >= 0.6 is 0 Å². The largest absolute Gasteiger partial charge is 0.471 e. The number of alkyl halides is 3. The molecule has 1 amide bonds. The maximum atomic E-state index is 12.9. The summed E-state index contributed by atoms with van der Waals surface area (Å²) in [6, 6.07) is 0. The first kappa shape index (κ1) is 13.6. The predicted molar refractivity (Wildman–Crippen MR) is 58.3 cm³/mol. The van der Waals surface area contributed by atoms with E-state index in [0.717, 1.165) is 6.26 Å². The van der Waals surface area contributed by atoms with Crippen LogP contribution < -0.4 is 0 Å². The molecule has 0 unspecified atom stereocenters. The highest BCUT2D eigenvalue weighted by molar-refractivity contribution is 5.98. The van der Waals surface area contributed by atoms with Gasteiger partial charge in [0, 0.05) is 17.7 Å². The van der Waals surface area contributed by atoms with Crippen LogP contribution in [0, 0.1) is 6.92 Å². The van der Waals surface area contributed by atoms with Crippen LogP contribution in [-0.4, -0.2) is 33.6 Å². The predicted octanol–water partition coefficient (Wildman–Crippen LogP) is 2.06. The molecule has 2 rings (SSSR count). The van der Waals surface area contributed by atoms with E-state index in [1.807, 2.05) is 0 Å². The Bertz CT molecular complexity index is 550.